The monoisotopic (exact) mass is 353 g/mol. The number of hydrogen-bond acceptors (Lipinski definition) is 3. The van der Waals surface area contributed by atoms with Crippen LogP contribution in [0.1, 0.15) is 24.2 Å². The Hall–Kier alpha value is -2.47. The normalized spacial score (nSPS) is 18.3. The zero-order valence-electron chi connectivity index (χ0n) is 15.1. The van der Waals surface area contributed by atoms with E-state index in [-0.39, 0.29) is 5.82 Å². The molecule has 4 rings (SSSR count). The number of nitrogens with zero attached hydrogens (tertiary/aromatic N) is 5. The number of halogens is 1. The van der Waals surface area contributed by atoms with Crippen LogP contribution in [0, 0.1) is 18.7 Å². The van der Waals surface area contributed by atoms with E-state index >= 15 is 0 Å². The van der Waals surface area contributed by atoms with E-state index in [9.17, 15) is 4.39 Å². The molecule has 0 bridgehead atoms. The van der Waals surface area contributed by atoms with Gasteiger partial charge < -0.3 is 4.57 Å². The molecule has 6 heteroatoms. The molecule has 1 aliphatic heterocycles. The minimum atomic E-state index is -0.228. The smallest absolute Gasteiger partial charge is 0.123 e. The third-order valence-electron chi connectivity index (χ3n) is 5.12. The fraction of sp³-hybridized carbons (Fsp3) is 0.400. The summed E-state index contributed by atoms with van der Waals surface area (Å²) in [4.78, 5) is 6.83. The van der Waals surface area contributed by atoms with Crippen molar-refractivity contribution in [2.24, 2.45) is 5.92 Å². The number of likely N-dealkylation sites (tertiary alicyclic amines) is 1. The SMILES string of the molecule is Cc1nccn1C[C@H]1CCCN(Cc2cnn(-c3ccc(F)cc3)c2)C1. The van der Waals surface area contributed by atoms with Gasteiger partial charge in [-0.15, -0.1) is 0 Å². The third kappa shape index (κ3) is 3.85. The molecular formula is C20H24FN5. The molecule has 0 aliphatic carbocycles. The van der Waals surface area contributed by atoms with Gasteiger partial charge >= 0.3 is 0 Å². The van der Waals surface area contributed by atoms with Crippen LogP contribution < -0.4 is 0 Å². The summed E-state index contributed by atoms with van der Waals surface area (Å²) in [6.07, 6.45) is 10.4. The van der Waals surface area contributed by atoms with E-state index in [0.717, 1.165) is 37.7 Å². The van der Waals surface area contributed by atoms with E-state index in [1.807, 2.05) is 23.3 Å². The number of benzene rings is 1. The molecule has 3 heterocycles. The fourth-order valence-corrected chi connectivity index (χ4v) is 3.75. The lowest BCUT2D eigenvalue weighted by atomic mass is 9.97. The van der Waals surface area contributed by atoms with Gasteiger partial charge in [-0.2, -0.15) is 5.10 Å². The molecule has 1 aromatic carbocycles. The molecule has 0 spiro atoms. The Kier molecular flexibility index (Phi) is 4.84. The van der Waals surface area contributed by atoms with Crippen molar-refractivity contribution < 1.29 is 4.39 Å². The van der Waals surface area contributed by atoms with Crippen molar-refractivity contribution in [2.75, 3.05) is 13.1 Å². The van der Waals surface area contributed by atoms with Gasteiger partial charge in [-0.3, -0.25) is 4.90 Å². The summed E-state index contributed by atoms with van der Waals surface area (Å²) in [5, 5.41) is 4.43. The van der Waals surface area contributed by atoms with Crippen LogP contribution in [0.3, 0.4) is 0 Å². The summed E-state index contributed by atoms with van der Waals surface area (Å²) < 4.78 is 17.1. The molecule has 0 amide bonds. The van der Waals surface area contributed by atoms with Gasteiger partial charge in [-0.25, -0.2) is 14.1 Å². The molecule has 1 aliphatic rings. The lowest BCUT2D eigenvalue weighted by molar-refractivity contribution is 0.155. The minimum absolute atomic E-state index is 0.228. The minimum Gasteiger partial charge on any atom is -0.335 e. The maximum atomic E-state index is 13.1. The molecule has 0 saturated carbocycles. The van der Waals surface area contributed by atoms with Crippen molar-refractivity contribution in [1.82, 2.24) is 24.2 Å². The van der Waals surface area contributed by atoms with Crippen LogP contribution in [0.5, 0.6) is 0 Å². The van der Waals surface area contributed by atoms with Gasteiger partial charge in [0.25, 0.3) is 0 Å². The molecular weight excluding hydrogens is 329 g/mol. The van der Waals surface area contributed by atoms with Crippen LogP contribution in [0.4, 0.5) is 4.39 Å². The van der Waals surface area contributed by atoms with E-state index < -0.39 is 0 Å². The quantitative estimate of drug-likeness (QED) is 0.705. The highest BCUT2D eigenvalue weighted by molar-refractivity contribution is 5.31. The zero-order chi connectivity index (χ0) is 17.9. The number of imidazole rings is 1. The molecule has 1 fully saturated rings. The largest absolute Gasteiger partial charge is 0.335 e. The van der Waals surface area contributed by atoms with E-state index in [0.29, 0.717) is 5.92 Å². The second kappa shape index (κ2) is 7.41. The summed E-state index contributed by atoms with van der Waals surface area (Å²) in [6.45, 7) is 6.22. The average molecular weight is 353 g/mol. The maximum absolute atomic E-state index is 13.1. The van der Waals surface area contributed by atoms with Crippen molar-refractivity contribution in [3.8, 4) is 5.69 Å². The molecule has 1 atom stereocenters. The average Bonchev–Trinajstić information content (AvgIpc) is 3.26. The van der Waals surface area contributed by atoms with Crippen molar-refractivity contribution in [1.29, 1.82) is 0 Å². The van der Waals surface area contributed by atoms with Crippen LogP contribution in [-0.4, -0.2) is 37.3 Å². The van der Waals surface area contributed by atoms with Gasteiger partial charge in [0.1, 0.15) is 11.6 Å². The van der Waals surface area contributed by atoms with E-state index in [1.54, 1.807) is 12.1 Å². The molecule has 0 radical (unpaired) electrons. The lowest BCUT2D eigenvalue weighted by Crippen LogP contribution is -2.36. The number of aryl methyl sites for hydroxylation is 1. The third-order valence-corrected chi connectivity index (χ3v) is 5.12. The van der Waals surface area contributed by atoms with Crippen LogP contribution >= 0.6 is 0 Å². The molecule has 5 nitrogen and oxygen atoms in total. The highest BCUT2D eigenvalue weighted by Crippen LogP contribution is 2.21. The van der Waals surface area contributed by atoms with Crippen LogP contribution in [0.15, 0.2) is 49.1 Å². The fourth-order valence-electron chi connectivity index (χ4n) is 3.75. The van der Waals surface area contributed by atoms with Gasteiger partial charge in [-0.05, 0) is 56.5 Å². The first-order chi connectivity index (χ1) is 12.7. The summed E-state index contributed by atoms with van der Waals surface area (Å²) in [7, 11) is 0. The van der Waals surface area contributed by atoms with Gasteiger partial charge in [0.05, 0.1) is 11.9 Å². The van der Waals surface area contributed by atoms with Crippen molar-refractivity contribution in [3.05, 3.63) is 66.3 Å². The predicted molar refractivity (Wildman–Crippen MR) is 98.5 cm³/mol. The predicted octanol–water partition coefficient (Wildman–Crippen LogP) is 3.43. The zero-order valence-corrected chi connectivity index (χ0v) is 15.1. The van der Waals surface area contributed by atoms with Gasteiger partial charge in [0.15, 0.2) is 0 Å². The summed E-state index contributed by atoms with van der Waals surface area (Å²) in [5.41, 5.74) is 2.07. The second-order valence-corrected chi connectivity index (χ2v) is 7.14. The number of rotatable bonds is 5. The Bertz CT molecular complexity index is 851. The lowest BCUT2D eigenvalue weighted by Gasteiger charge is -2.32. The summed E-state index contributed by atoms with van der Waals surface area (Å²) in [5.74, 6) is 1.51. The van der Waals surface area contributed by atoms with Gasteiger partial charge in [0, 0.05) is 43.8 Å². The van der Waals surface area contributed by atoms with E-state index in [4.69, 9.17) is 0 Å². The van der Waals surface area contributed by atoms with Crippen molar-refractivity contribution in [3.63, 3.8) is 0 Å². The highest BCUT2D eigenvalue weighted by Gasteiger charge is 2.21. The maximum Gasteiger partial charge on any atom is 0.123 e. The summed E-state index contributed by atoms with van der Waals surface area (Å²) >= 11 is 0. The number of hydrogen-bond donors (Lipinski definition) is 0. The molecule has 1 saturated heterocycles. The Balaban J connectivity index is 1.38. The first kappa shape index (κ1) is 17.0. The number of aromatic nitrogens is 4. The van der Waals surface area contributed by atoms with Crippen molar-refractivity contribution >= 4 is 0 Å². The number of piperidine rings is 1. The Morgan fingerprint density at radius 1 is 1.23 bits per heavy atom. The molecule has 136 valence electrons. The standard InChI is InChI=1S/C20H24FN5/c1-16-22-8-10-25(16)14-17-3-2-9-24(12-17)13-18-11-23-26(15-18)20-6-4-19(21)5-7-20/h4-8,10-11,15,17H,2-3,9,12-14H2,1H3/t17-/m0/s1. The second-order valence-electron chi connectivity index (χ2n) is 7.14. The highest BCUT2D eigenvalue weighted by atomic mass is 19.1. The van der Waals surface area contributed by atoms with Gasteiger partial charge in [0.2, 0.25) is 0 Å². The van der Waals surface area contributed by atoms with E-state index in [2.05, 4.69) is 32.7 Å². The molecule has 3 aromatic rings. The Labute approximate surface area is 153 Å². The van der Waals surface area contributed by atoms with Crippen LogP contribution in [0.2, 0.25) is 0 Å². The summed E-state index contributed by atoms with van der Waals surface area (Å²) in [6, 6.07) is 6.42. The molecule has 0 unspecified atom stereocenters. The van der Waals surface area contributed by atoms with E-state index in [1.165, 1.54) is 30.5 Å². The van der Waals surface area contributed by atoms with Gasteiger partial charge in [-0.1, -0.05) is 0 Å². The Morgan fingerprint density at radius 3 is 2.85 bits per heavy atom. The topological polar surface area (TPSA) is 38.9 Å². The first-order valence-corrected chi connectivity index (χ1v) is 9.17. The van der Waals surface area contributed by atoms with Crippen LogP contribution in [-0.2, 0) is 13.1 Å². The van der Waals surface area contributed by atoms with Crippen molar-refractivity contribution in [2.45, 2.75) is 32.9 Å². The molecule has 0 N–H and O–H groups in total. The first-order valence-electron chi connectivity index (χ1n) is 9.17. The Morgan fingerprint density at radius 2 is 2.08 bits per heavy atom. The van der Waals surface area contributed by atoms with Crippen LogP contribution in [0.25, 0.3) is 5.69 Å². The molecule has 2 aromatic heterocycles. The molecule has 26 heavy (non-hydrogen) atoms.